The summed E-state index contributed by atoms with van der Waals surface area (Å²) in [6, 6.07) is -0.237. The Bertz CT molecular complexity index is 221. The normalized spacial score (nSPS) is 13.2. The predicted octanol–water partition coefficient (Wildman–Crippen LogP) is 0.114. The Balaban J connectivity index is 4.26. The van der Waals surface area contributed by atoms with Crippen molar-refractivity contribution >= 4 is 5.91 Å². The number of amides is 1. The van der Waals surface area contributed by atoms with Gasteiger partial charge in [0, 0.05) is 19.6 Å². The first kappa shape index (κ1) is 17.4. The van der Waals surface area contributed by atoms with Gasteiger partial charge in [-0.15, -0.1) is 0 Å². The number of rotatable bonds is 11. The van der Waals surface area contributed by atoms with E-state index in [1.54, 1.807) is 0 Å². The zero-order valence-corrected chi connectivity index (χ0v) is 12.4. The number of nitrogens with zero attached hydrogens (tertiary/aromatic N) is 2. The first-order valence-electron chi connectivity index (χ1n) is 6.91. The minimum absolute atomic E-state index is 0.237. The Labute approximate surface area is 112 Å². The van der Waals surface area contributed by atoms with Crippen LogP contribution in [0.1, 0.15) is 26.7 Å². The molecule has 3 N–H and O–H groups in total. The molecule has 0 heterocycles. The lowest BCUT2D eigenvalue weighted by Gasteiger charge is -2.27. The van der Waals surface area contributed by atoms with Crippen LogP contribution in [0.2, 0.25) is 0 Å². The van der Waals surface area contributed by atoms with Crippen molar-refractivity contribution in [1.29, 1.82) is 0 Å². The van der Waals surface area contributed by atoms with E-state index in [1.165, 1.54) is 0 Å². The molecule has 0 aromatic rings. The quantitative estimate of drug-likeness (QED) is 0.552. The fourth-order valence-corrected chi connectivity index (χ4v) is 1.78. The number of nitrogens with two attached hydrogens (primary N) is 1. The van der Waals surface area contributed by atoms with Crippen molar-refractivity contribution < 1.29 is 4.79 Å². The molecule has 1 unspecified atom stereocenters. The molecule has 0 aliphatic carbocycles. The van der Waals surface area contributed by atoms with Gasteiger partial charge in [-0.05, 0) is 40.0 Å². The van der Waals surface area contributed by atoms with E-state index in [9.17, 15) is 4.79 Å². The Morgan fingerprint density at radius 1 is 1.17 bits per heavy atom. The molecule has 0 aliphatic heterocycles. The van der Waals surface area contributed by atoms with Crippen molar-refractivity contribution in [3.05, 3.63) is 0 Å². The number of likely N-dealkylation sites (N-methyl/N-ethyl adjacent to an activating group) is 1. The number of primary amides is 1. The molecular weight excluding hydrogens is 228 g/mol. The van der Waals surface area contributed by atoms with Gasteiger partial charge >= 0.3 is 0 Å². The minimum Gasteiger partial charge on any atom is -0.368 e. The van der Waals surface area contributed by atoms with Gasteiger partial charge in [-0.3, -0.25) is 9.69 Å². The second-order valence-corrected chi connectivity index (χ2v) is 5.01. The van der Waals surface area contributed by atoms with Gasteiger partial charge in [0.05, 0.1) is 6.04 Å². The van der Waals surface area contributed by atoms with E-state index >= 15 is 0 Å². The Kier molecular flexibility index (Phi) is 9.92. The number of hydrogen-bond acceptors (Lipinski definition) is 4. The van der Waals surface area contributed by atoms with E-state index in [2.05, 4.69) is 43.1 Å². The highest BCUT2D eigenvalue weighted by Gasteiger charge is 2.18. The van der Waals surface area contributed by atoms with Crippen LogP contribution in [0.5, 0.6) is 0 Å². The Morgan fingerprint density at radius 2 is 1.83 bits per heavy atom. The average Bonchev–Trinajstić information content (AvgIpc) is 2.30. The average molecular weight is 258 g/mol. The highest BCUT2D eigenvalue weighted by molar-refractivity contribution is 5.80. The lowest BCUT2D eigenvalue weighted by Crippen LogP contribution is -2.50. The molecule has 0 aromatic heterocycles. The maximum Gasteiger partial charge on any atom is 0.235 e. The SMILES string of the molecule is CCCNC(CN(CCC)CCN(C)C)C(N)=O. The van der Waals surface area contributed by atoms with Crippen LogP contribution in [0.25, 0.3) is 0 Å². The zero-order valence-electron chi connectivity index (χ0n) is 12.4. The zero-order chi connectivity index (χ0) is 14.0. The van der Waals surface area contributed by atoms with Crippen LogP contribution in [0.3, 0.4) is 0 Å². The molecule has 5 nitrogen and oxygen atoms in total. The topological polar surface area (TPSA) is 61.6 Å². The van der Waals surface area contributed by atoms with E-state index in [4.69, 9.17) is 5.73 Å². The first-order valence-corrected chi connectivity index (χ1v) is 6.91. The van der Waals surface area contributed by atoms with Crippen LogP contribution < -0.4 is 11.1 Å². The molecule has 1 amide bonds. The lowest BCUT2D eigenvalue weighted by molar-refractivity contribution is -0.120. The smallest absolute Gasteiger partial charge is 0.235 e. The monoisotopic (exact) mass is 258 g/mol. The molecule has 0 fully saturated rings. The van der Waals surface area contributed by atoms with Crippen LogP contribution in [0.4, 0.5) is 0 Å². The summed E-state index contributed by atoms with van der Waals surface area (Å²) in [6.45, 7) is 8.75. The van der Waals surface area contributed by atoms with Gasteiger partial charge in [0.25, 0.3) is 0 Å². The molecular formula is C13H30N4O. The standard InChI is InChI=1S/C13H30N4O/c1-5-7-15-12(13(14)18)11-17(8-6-2)10-9-16(3)4/h12,15H,5-11H2,1-4H3,(H2,14,18). The van der Waals surface area contributed by atoms with Crippen LogP contribution in [0.15, 0.2) is 0 Å². The summed E-state index contributed by atoms with van der Waals surface area (Å²) in [7, 11) is 4.12. The molecule has 0 aromatic carbocycles. The molecule has 0 aliphatic rings. The highest BCUT2D eigenvalue weighted by Crippen LogP contribution is 1.96. The van der Waals surface area contributed by atoms with E-state index < -0.39 is 0 Å². The fourth-order valence-electron chi connectivity index (χ4n) is 1.78. The number of carbonyl (C=O) groups excluding carboxylic acids is 1. The van der Waals surface area contributed by atoms with Crippen LogP contribution >= 0.6 is 0 Å². The number of nitrogens with one attached hydrogen (secondary N) is 1. The molecule has 0 rings (SSSR count). The van der Waals surface area contributed by atoms with Crippen molar-refractivity contribution in [3.8, 4) is 0 Å². The minimum atomic E-state index is -0.255. The van der Waals surface area contributed by atoms with Gasteiger partial charge in [-0.1, -0.05) is 13.8 Å². The van der Waals surface area contributed by atoms with Crippen molar-refractivity contribution in [2.45, 2.75) is 32.7 Å². The first-order chi connectivity index (χ1) is 8.51. The summed E-state index contributed by atoms with van der Waals surface area (Å²) in [6.07, 6.45) is 2.10. The fraction of sp³-hybridized carbons (Fsp3) is 0.923. The molecule has 0 bridgehead atoms. The molecule has 0 radical (unpaired) electrons. The third-order valence-corrected chi connectivity index (χ3v) is 2.83. The van der Waals surface area contributed by atoms with E-state index in [0.29, 0.717) is 6.54 Å². The van der Waals surface area contributed by atoms with Gasteiger partial charge in [0.1, 0.15) is 0 Å². The van der Waals surface area contributed by atoms with Crippen molar-refractivity contribution in [2.24, 2.45) is 5.73 Å². The summed E-state index contributed by atoms with van der Waals surface area (Å²) >= 11 is 0. The Morgan fingerprint density at radius 3 is 2.28 bits per heavy atom. The van der Waals surface area contributed by atoms with Crippen LogP contribution in [-0.4, -0.2) is 68.6 Å². The van der Waals surface area contributed by atoms with Crippen molar-refractivity contribution in [2.75, 3.05) is 46.8 Å². The van der Waals surface area contributed by atoms with Crippen LogP contribution in [-0.2, 0) is 4.79 Å². The molecule has 0 saturated carbocycles. The summed E-state index contributed by atoms with van der Waals surface area (Å²) in [5.41, 5.74) is 5.44. The summed E-state index contributed by atoms with van der Waals surface area (Å²) in [5.74, 6) is -0.255. The molecule has 0 saturated heterocycles. The predicted molar refractivity (Wildman–Crippen MR) is 76.6 cm³/mol. The number of carbonyl (C=O) groups is 1. The van der Waals surface area contributed by atoms with Crippen LogP contribution in [0, 0.1) is 0 Å². The van der Waals surface area contributed by atoms with Crippen molar-refractivity contribution in [1.82, 2.24) is 15.1 Å². The molecule has 5 heteroatoms. The number of hydrogen-bond donors (Lipinski definition) is 2. The second-order valence-electron chi connectivity index (χ2n) is 5.01. The van der Waals surface area contributed by atoms with Gasteiger partial charge < -0.3 is 16.0 Å². The van der Waals surface area contributed by atoms with E-state index in [1.807, 2.05) is 0 Å². The van der Waals surface area contributed by atoms with Gasteiger partial charge in [0.2, 0.25) is 5.91 Å². The maximum atomic E-state index is 11.4. The third kappa shape index (κ3) is 8.44. The third-order valence-electron chi connectivity index (χ3n) is 2.83. The largest absolute Gasteiger partial charge is 0.368 e. The molecule has 108 valence electrons. The summed E-state index contributed by atoms with van der Waals surface area (Å²) < 4.78 is 0. The van der Waals surface area contributed by atoms with Gasteiger partial charge in [-0.2, -0.15) is 0 Å². The van der Waals surface area contributed by atoms with Gasteiger partial charge in [0.15, 0.2) is 0 Å². The second kappa shape index (κ2) is 10.3. The lowest BCUT2D eigenvalue weighted by atomic mass is 10.2. The highest BCUT2D eigenvalue weighted by atomic mass is 16.1. The van der Waals surface area contributed by atoms with Gasteiger partial charge in [-0.25, -0.2) is 0 Å². The maximum absolute atomic E-state index is 11.4. The van der Waals surface area contributed by atoms with Crippen molar-refractivity contribution in [3.63, 3.8) is 0 Å². The molecule has 18 heavy (non-hydrogen) atoms. The van der Waals surface area contributed by atoms with E-state index in [-0.39, 0.29) is 11.9 Å². The van der Waals surface area contributed by atoms with E-state index in [0.717, 1.165) is 39.0 Å². The molecule has 0 spiro atoms. The summed E-state index contributed by atoms with van der Waals surface area (Å²) in [4.78, 5) is 15.9. The Hall–Kier alpha value is -0.650. The summed E-state index contributed by atoms with van der Waals surface area (Å²) in [5, 5.41) is 3.22. The molecule has 1 atom stereocenters.